The lowest BCUT2D eigenvalue weighted by Crippen LogP contribution is -2.40. The van der Waals surface area contributed by atoms with Crippen molar-refractivity contribution in [3.05, 3.63) is 58.1 Å². The fourth-order valence-electron chi connectivity index (χ4n) is 2.43. The average Bonchev–Trinajstić information content (AvgIpc) is 2.65. The maximum atomic E-state index is 12.7. The van der Waals surface area contributed by atoms with E-state index in [1.165, 1.54) is 40.7 Å². The first kappa shape index (κ1) is 19.1. The third kappa shape index (κ3) is 4.19. The Bertz CT molecular complexity index is 927. The Morgan fingerprint density at radius 2 is 1.81 bits per heavy atom. The van der Waals surface area contributed by atoms with Gasteiger partial charge in [-0.1, -0.05) is 29.3 Å². The first-order chi connectivity index (χ1) is 12.4. The molecule has 3 rings (SSSR count). The lowest BCUT2D eigenvalue weighted by atomic mass is 10.2. The summed E-state index contributed by atoms with van der Waals surface area (Å²) in [7, 11) is -3.71. The van der Waals surface area contributed by atoms with Crippen molar-refractivity contribution in [2.24, 2.45) is 0 Å². The highest BCUT2D eigenvalue weighted by Crippen LogP contribution is 2.28. The van der Waals surface area contributed by atoms with E-state index in [2.05, 4.69) is 0 Å². The number of halogens is 2. The number of sulfonamides is 1. The van der Waals surface area contributed by atoms with Gasteiger partial charge in [-0.3, -0.25) is 0 Å². The molecule has 0 atom stereocenters. The summed E-state index contributed by atoms with van der Waals surface area (Å²) in [5.74, 6) is -0.626. The monoisotopic (exact) mass is 415 g/mol. The maximum absolute atomic E-state index is 12.7. The highest BCUT2D eigenvalue weighted by molar-refractivity contribution is 7.89. The van der Waals surface area contributed by atoms with Gasteiger partial charge in [-0.2, -0.15) is 4.31 Å². The number of carbonyl (C=O) groups is 1. The number of rotatable bonds is 4. The van der Waals surface area contributed by atoms with E-state index in [0.29, 0.717) is 18.2 Å². The smallest absolute Gasteiger partial charge is 0.343 e. The molecule has 1 saturated heterocycles. The molecule has 1 fully saturated rings. The van der Waals surface area contributed by atoms with Crippen molar-refractivity contribution < 1.29 is 22.7 Å². The van der Waals surface area contributed by atoms with Gasteiger partial charge in [0.15, 0.2) is 5.75 Å². The van der Waals surface area contributed by atoms with Crippen LogP contribution in [-0.4, -0.2) is 45.0 Å². The molecule has 0 aliphatic carbocycles. The standard InChI is InChI=1S/C17H15Cl2NO5S/c18-13-4-5-15(19)16(11-13)25-17(21)12-2-1-3-14(10-12)26(22,23)20-6-8-24-9-7-20/h1-5,10-11H,6-9H2. The highest BCUT2D eigenvalue weighted by atomic mass is 35.5. The minimum absolute atomic E-state index is 0.0195. The van der Waals surface area contributed by atoms with Crippen LogP contribution in [0.2, 0.25) is 10.0 Å². The maximum Gasteiger partial charge on any atom is 0.343 e. The van der Waals surface area contributed by atoms with Crippen molar-refractivity contribution in [1.29, 1.82) is 0 Å². The van der Waals surface area contributed by atoms with Gasteiger partial charge >= 0.3 is 5.97 Å². The predicted molar refractivity (Wildman–Crippen MR) is 97.4 cm³/mol. The largest absolute Gasteiger partial charge is 0.421 e. The number of benzene rings is 2. The van der Waals surface area contributed by atoms with Gasteiger partial charge in [-0.05, 0) is 30.3 Å². The SMILES string of the molecule is O=C(Oc1cc(Cl)ccc1Cl)c1cccc(S(=O)(=O)N2CCOCC2)c1. The molecule has 0 unspecified atom stereocenters. The number of hydrogen-bond donors (Lipinski definition) is 0. The van der Waals surface area contributed by atoms with Gasteiger partial charge in [-0.15, -0.1) is 0 Å². The van der Waals surface area contributed by atoms with Crippen LogP contribution in [0.5, 0.6) is 5.75 Å². The van der Waals surface area contributed by atoms with Gasteiger partial charge in [0, 0.05) is 24.2 Å². The van der Waals surface area contributed by atoms with E-state index in [0.717, 1.165) is 0 Å². The summed E-state index contributed by atoms with van der Waals surface area (Å²) in [5, 5.41) is 0.584. The van der Waals surface area contributed by atoms with Crippen LogP contribution in [0.25, 0.3) is 0 Å². The summed E-state index contributed by atoms with van der Waals surface area (Å²) in [4.78, 5) is 12.4. The van der Waals surface area contributed by atoms with Crippen LogP contribution in [0.4, 0.5) is 0 Å². The van der Waals surface area contributed by atoms with Crippen LogP contribution in [0.15, 0.2) is 47.4 Å². The second kappa shape index (κ2) is 7.94. The third-order valence-electron chi connectivity index (χ3n) is 3.77. The van der Waals surface area contributed by atoms with E-state index in [4.69, 9.17) is 32.7 Å². The molecule has 0 aromatic heterocycles. The molecule has 0 radical (unpaired) electrons. The fraction of sp³-hybridized carbons (Fsp3) is 0.235. The molecule has 2 aromatic carbocycles. The minimum atomic E-state index is -3.71. The Hall–Kier alpha value is -1.64. The van der Waals surface area contributed by atoms with E-state index in [-0.39, 0.29) is 34.3 Å². The first-order valence-electron chi connectivity index (χ1n) is 7.73. The van der Waals surface area contributed by atoms with Crippen LogP contribution in [0.1, 0.15) is 10.4 Å². The Balaban J connectivity index is 1.84. The van der Waals surface area contributed by atoms with Crippen LogP contribution < -0.4 is 4.74 Å². The van der Waals surface area contributed by atoms with E-state index in [9.17, 15) is 13.2 Å². The molecule has 1 aliphatic rings. The number of nitrogens with zero attached hydrogens (tertiary/aromatic N) is 1. The molecular formula is C17H15Cl2NO5S. The van der Waals surface area contributed by atoms with E-state index < -0.39 is 16.0 Å². The average molecular weight is 416 g/mol. The van der Waals surface area contributed by atoms with Crippen molar-refractivity contribution in [3.8, 4) is 5.75 Å². The summed E-state index contributed by atoms with van der Waals surface area (Å²) in [6, 6.07) is 10.2. The fourth-order valence-corrected chi connectivity index (χ4v) is 4.21. The Kier molecular flexibility index (Phi) is 5.84. The molecule has 0 bridgehead atoms. The summed E-state index contributed by atoms with van der Waals surface area (Å²) < 4.78 is 37.1. The van der Waals surface area contributed by atoms with Crippen molar-refractivity contribution in [2.75, 3.05) is 26.3 Å². The summed E-state index contributed by atoms with van der Waals surface area (Å²) in [5.41, 5.74) is 0.0929. The third-order valence-corrected chi connectivity index (χ3v) is 6.22. The van der Waals surface area contributed by atoms with Crippen molar-refractivity contribution >= 4 is 39.2 Å². The second-order valence-electron chi connectivity index (χ2n) is 5.51. The lowest BCUT2D eigenvalue weighted by molar-refractivity contribution is 0.0727. The Morgan fingerprint density at radius 3 is 2.54 bits per heavy atom. The van der Waals surface area contributed by atoms with E-state index >= 15 is 0 Å². The minimum Gasteiger partial charge on any atom is -0.421 e. The Labute approximate surface area is 161 Å². The number of carbonyl (C=O) groups excluding carboxylic acids is 1. The summed E-state index contributed by atoms with van der Waals surface area (Å²) in [6.07, 6.45) is 0. The lowest BCUT2D eigenvalue weighted by Gasteiger charge is -2.26. The van der Waals surface area contributed by atoms with Crippen LogP contribution in [0.3, 0.4) is 0 Å². The molecular weight excluding hydrogens is 401 g/mol. The van der Waals surface area contributed by atoms with E-state index in [1.54, 1.807) is 6.07 Å². The molecule has 138 valence electrons. The zero-order valence-corrected chi connectivity index (χ0v) is 15.9. The first-order valence-corrected chi connectivity index (χ1v) is 9.93. The van der Waals surface area contributed by atoms with Crippen LogP contribution in [-0.2, 0) is 14.8 Å². The number of ether oxygens (including phenoxy) is 2. The quantitative estimate of drug-likeness (QED) is 0.565. The Morgan fingerprint density at radius 1 is 1.08 bits per heavy atom. The number of esters is 1. The predicted octanol–water partition coefficient (Wildman–Crippen LogP) is 3.23. The van der Waals surface area contributed by atoms with Gasteiger partial charge in [0.1, 0.15) is 0 Å². The van der Waals surface area contributed by atoms with Crippen molar-refractivity contribution in [1.82, 2.24) is 4.31 Å². The van der Waals surface area contributed by atoms with Crippen LogP contribution >= 0.6 is 23.2 Å². The molecule has 6 nitrogen and oxygen atoms in total. The van der Waals surface area contributed by atoms with Crippen LogP contribution in [0, 0.1) is 0 Å². The van der Waals surface area contributed by atoms with Gasteiger partial charge in [0.05, 0.1) is 28.7 Å². The molecule has 2 aromatic rings. The molecule has 1 aliphatic heterocycles. The van der Waals surface area contributed by atoms with Gasteiger partial charge < -0.3 is 9.47 Å². The van der Waals surface area contributed by atoms with Crippen molar-refractivity contribution in [3.63, 3.8) is 0 Å². The zero-order valence-electron chi connectivity index (χ0n) is 13.5. The molecule has 0 spiro atoms. The molecule has 0 amide bonds. The van der Waals surface area contributed by atoms with Gasteiger partial charge in [-0.25, -0.2) is 13.2 Å². The summed E-state index contributed by atoms with van der Waals surface area (Å²) >= 11 is 11.9. The molecule has 26 heavy (non-hydrogen) atoms. The topological polar surface area (TPSA) is 72.9 Å². The molecule has 9 heteroatoms. The van der Waals surface area contributed by atoms with E-state index in [1.807, 2.05) is 0 Å². The van der Waals surface area contributed by atoms with Gasteiger partial charge in [0.2, 0.25) is 10.0 Å². The molecule has 0 N–H and O–H groups in total. The molecule has 0 saturated carbocycles. The zero-order chi connectivity index (χ0) is 18.7. The van der Waals surface area contributed by atoms with Crippen molar-refractivity contribution in [2.45, 2.75) is 4.90 Å². The second-order valence-corrected chi connectivity index (χ2v) is 8.29. The molecule has 1 heterocycles. The van der Waals surface area contributed by atoms with Gasteiger partial charge in [0.25, 0.3) is 0 Å². The normalized spacial score (nSPS) is 15.6. The number of morpholine rings is 1. The summed E-state index contributed by atoms with van der Waals surface area (Å²) in [6.45, 7) is 1.23. The highest BCUT2D eigenvalue weighted by Gasteiger charge is 2.27. The number of hydrogen-bond acceptors (Lipinski definition) is 5.